The smallest absolute Gasteiger partial charge is 0.259 e. The zero-order chi connectivity index (χ0) is 18.5. The number of halogens is 1. The predicted octanol–water partition coefficient (Wildman–Crippen LogP) is 4.67. The summed E-state index contributed by atoms with van der Waals surface area (Å²) in [5.74, 6) is -0.297. The Bertz CT molecular complexity index is 923. The molecule has 4 nitrogen and oxygen atoms in total. The van der Waals surface area contributed by atoms with Crippen LogP contribution in [0.1, 0.15) is 21.5 Å². The minimum absolute atomic E-state index is 0.00283. The molecule has 0 saturated carbocycles. The number of anilines is 1. The van der Waals surface area contributed by atoms with E-state index in [1.54, 1.807) is 54.6 Å². The maximum atomic E-state index is 13.0. The van der Waals surface area contributed by atoms with Gasteiger partial charge in [-0.2, -0.15) is 0 Å². The maximum Gasteiger partial charge on any atom is 0.259 e. The Morgan fingerprint density at radius 1 is 1.08 bits per heavy atom. The van der Waals surface area contributed by atoms with Gasteiger partial charge >= 0.3 is 0 Å². The number of ether oxygens (including phenoxy) is 1. The molecule has 0 radical (unpaired) electrons. The van der Waals surface area contributed by atoms with Gasteiger partial charge in [0.15, 0.2) is 0 Å². The molecule has 3 aromatic rings. The van der Waals surface area contributed by atoms with Crippen LogP contribution in [0.3, 0.4) is 0 Å². The highest BCUT2D eigenvalue weighted by Gasteiger charge is 2.14. The molecular formula is C21H18FNO3. The molecule has 0 spiro atoms. The van der Waals surface area contributed by atoms with Gasteiger partial charge in [0.1, 0.15) is 23.9 Å². The van der Waals surface area contributed by atoms with Crippen LogP contribution in [0, 0.1) is 12.7 Å². The first-order valence-corrected chi connectivity index (χ1v) is 8.10. The number of carbonyl (C=O) groups excluding carboxylic acids is 1. The molecule has 2 N–H and O–H groups in total. The highest BCUT2D eigenvalue weighted by molar-refractivity contribution is 6.06. The Morgan fingerprint density at radius 2 is 1.81 bits per heavy atom. The molecule has 3 rings (SSSR count). The second kappa shape index (κ2) is 7.70. The Hall–Kier alpha value is -3.34. The van der Waals surface area contributed by atoms with E-state index in [2.05, 4.69) is 5.32 Å². The lowest BCUT2D eigenvalue weighted by atomic mass is 10.1. The third-order valence-corrected chi connectivity index (χ3v) is 3.84. The monoisotopic (exact) mass is 351 g/mol. The first-order chi connectivity index (χ1) is 12.5. The second-order valence-electron chi connectivity index (χ2n) is 5.89. The van der Waals surface area contributed by atoms with Gasteiger partial charge in [-0.3, -0.25) is 4.79 Å². The Kier molecular flexibility index (Phi) is 5.17. The summed E-state index contributed by atoms with van der Waals surface area (Å²) in [7, 11) is 0. The van der Waals surface area contributed by atoms with Crippen molar-refractivity contribution >= 4 is 11.6 Å². The molecule has 5 heteroatoms. The van der Waals surface area contributed by atoms with Crippen LogP contribution in [0.4, 0.5) is 10.1 Å². The van der Waals surface area contributed by atoms with Gasteiger partial charge in [-0.1, -0.05) is 30.3 Å². The number of phenolic OH excluding ortho intramolecular Hbond substituents is 1. The number of benzene rings is 3. The van der Waals surface area contributed by atoms with Crippen LogP contribution < -0.4 is 10.1 Å². The number of para-hydroxylation sites is 1. The predicted molar refractivity (Wildman–Crippen MR) is 98.0 cm³/mol. The molecule has 0 aromatic heterocycles. The van der Waals surface area contributed by atoms with Gasteiger partial charge in [0.05, 0.1) is 11.3 Å². The molecular weight excluding hydrogens is 333 g/mol. The van der Waals surface area contributed by atoms with Gasteiger partial charge in [0, 0.05) is 0 Å². The van der Waals surface area contributed by atoms with Gasteiger partial charge in [0.2, 0.25) is 0 Å². The maximum absolute atomic E-state index is 13.0. The van der Waals surface area contributed by atoms with E-state index in [1.807, 2.05) is 6.92 Å². The number of hydrogen-bond donors (Lipinski definition) is 2. The number of aryl methyl sites for hydroxylation is 1. The van der Waals surface area contributed by atoms with Gasteiger partial charge < -0.3 is 15.2 Å². The van der Waals surface area contributed by atoms with E-state index in [9.17, 15) is 14.3 Å². The summed E-state index contributed by atoms with van der Waals surface area (Å²) >= 11 is 0. The van der Waals surface area contributed by atoms with E-state index < -0.39 is 0 Å². The van der Waals surface area contributed by atoms with Crippen molar-refractivity contribution in [2.45, 2.75) is 13.5 Å². The van der Waals surface area contributed by atoms with Crippen molar-refractivity contribution in [3.05, 3.63) is 89.2 Å². The average Bonchev–Trinajstić information content (AvgIpc) is 2.64. The van der Waals surface area contributed by atoms with Crippen molar-refractivity contribution in [2.24, 2.45) is 0 Å². The van der Waals surface area contributed by atoms with Crippen molar-refractivity contribution in [3.63, 3.8) is 0 Å². The van der Waals surface area contributed by atoms with Gasteiger partial charge in [-0.05, 0) is 54.4 Å². The number of phenols is 1. The Labute approximate surface area is 150 Å². The number of nitrogens with one attached hydrogen (secondary N) is 1. The summed E-state index contributed by atoms with van der Waals surface area (Å²) < 4.78 is 18.7. The number of amides is 1. The van der Waals surface area contributed by atoms with Crippen molar-refractivity contribution in [1.29, 1.82) is 0 Å². The third kappa shape index (κ3) is 4.19. The van der Waals surface area contributed by atoms with Gasteiger partial charge in [0.25, 0.3) is 5.91 Å². The molecule has 26 heavy (non-hydrogen) atoms. The molecule has 0 aliphatic rings. The lowest BCUT2D eigenvalue weighted by Crippen LogP contribution is -2.13. The third-order valence-electron chi connectivity index (χ3n) is 3.84. The summed E-state index contributed by atoms with van der Waals surface area (Å²) in [5, 5.41) is 12.6. The first-order valence-electron chi connectivity index (χ1n) is 8.10. The molecule has 0 unspecified atom stereocenters. The van der Waals surface area contributed by atoms with Crippen LogP contribution in [0.5, 0.6) is 11.5 Å². The van der Waals surface area contributed by atoms with Crippen LogP contribution in [0.15, 0.2) is 66.7 Å². The van der Waals surface area contributed by atoms with Gasteiger partial charge in [-0.25, -0.2) is 4.39 Å². The molecule has 132 valence electrons. The van der Waals surface area contributed by atoms with Crippen LogP contribution >= 0.6 is 0 Å². The topological polar surface area (TPSA) is 58.6 Å². The van der Waals surface area contributed by atoms with E-state index in [-0.39, 0.29) is 24.1 Å². The fraction of sp³-hybridized carbons (Fsp3) is 0.0952. The van der Waals surface area contributed by atoms with Crippen molar-refractivity contribution in [2.75, 3.05) is 5.32 Å². The van der Waals surface area contributed by atoms with E-state index in [1.165, 1.54) is 12.1 Å². The second-order valence-corrected chi connectivity index (χ2v) is 5.89. The SMILES string of the molecule is Cc1ccc(NC(=O)c2ccccc2OCc2ccc(F)cc2)c(O)c1. The molecule has 0 aliphatic carbocycles. The van der Waals surface area contributed by atoms with Crippen LogP contribution in [-0.2, 0) is 6.61 Å². The highest BCUT2D eigenvalue weighted by atomic mass is 19.1. The Morgan fingerprint density at radius 3 is 2.54 bits per heavy atom. The Balaban J connectivity index is 1.75. The summed E-state index contributed by atoms with van der Waals surface area (Å²) in [6.45, 7) is 2.06. The molecule has 0 heterocycles. The number of carbonyl (C=O) groups is 1. The number of hydrogen-bond acceptors (Lipinski definition) is 3. The average molecular weight is 351 g/mol. The lowest BCUT2D eigenvalue weighted by molar-refractivity contribution is 0.102. The van der Waals surface area contributed by atoms with Crippen molar-refractivity contribution in [3.8, 4) is 11.5 Å². The van der Waals surface area contributed by atoms with Crippen LogP contribution in [0.2, 0.25) is 0 Å². The standard InChI is InChI=1S/C21H18FNO3/c1-14-6-11-18(19(24)12-14)23-21(25)17-4-2-3-5-20(17)26-13-15-7-9-16(22)10-8-15/h2-12,24H,13H2,1H3,(H,23,25). The first kappa shape index (κ1) is 17.5. The number of aromatic hydroxyl groups is 1. The summed E-state index contributed by atoms with van der Waals surface area (Å²) in [6, 6.07) is 17.8. The fourth-order valence-corrected chi connectivity index (χ4v) is 2.46. The quantitative estimate of drug-likeness (QED) is 0.657. The molecule has 1 amide bonds. The molecule has 0 bridgehead atoms. The van der Waals surface area contributed by atoms with E-state index >= 15 is 0 Å². The van der Waals surface area contributed by atoms with E-state index in [0.29, 0.717) is 17.0 Å². The minimum Gasteiger partial charge on any atom is -0.506 e. The van der Waals surface area contributed by atoms with E-state index in [4.69, 9.17) is 4.74 Å². The highest BCUT2D eigenvalue weighted by Crippen LogP contribution is 2.26. The zero-order valence-electron chi connectivity index (χ0n) is 14.2. The minimum atomic E-state index is -0.390. The van der Waals surface area contributed by atoms with Crippen LogP contribution in [0.25, 0.3) is 0 Å². The molecule has 3 aromatic carbocycles. The number of rotatable bonds is 5. The largest absolute Gasteiger partial charge is 0.506 e. The molecule has 0 fully saturated rings. The summed E-state index contributed by atoms with van der Waals surface area (Å²) in [5.41, 5.74) is 2.35. The lowest BCUT2D eigenvalue weighted by Gasteiger charge is -2.12. The molecule has 0 atom stereocenters. The van der Waals surface area contributed by atoms with Crippen molar-refractivity contribution < 1.29 is 19.0 Å². The zero-order valence-corrected chi connectivity index (χ0v) is 14.2. The normalized spacial score (nSPS) is 10.4. The fourth-order valence-electron chi connectivity index (χ4n) is 2.46. The van der Waals surface area contributed by atoms with Gasteiger partial charge in [-0.15, -0.1) is 0 Å². The van der Waals surface area contributed by atoms with Crippen LogP contribution in [-0.4, -0.2) is 11.0 Å². The van der Waals surface area contributed by atoms with E-state index in [0.717, 1.165) is 11.1 Å². The molecule has 0 aliphatic heterocycles. The molecule has 0 saturated heterocycles. The summed E-state index contributed by atoms with van der Waals surface area (Å²) in [4.78, 5) is 12.6. The summed E-state index contributed by atoms with van der Waals surface area (Å²) in [6.07, 6.45) is 0. The van der Waals surface area contributed by atoms with Crippen molar-refractivity contribution in [1.82, 2.24) is 0 Å².